The molecule has 0 spiro atoms. The van der Waals surface area contributed by atoms with E-state index in [2.05, 4.69) is 0 Å². The highest BCUT2D eigenvalue weighted by molar-refractivity contribution is 7.87. The van der Waals surface area contributed by atoms with Crippen LogP contribution in [0.5, 0.6) is 5.75 Å². The van der Waals surface area contributed by atoms with Crippen LogP contribution in [0.1, 0.15) is 11.1 Å². The van der Waals surface area contributed by atoms with Gasteiger partial charge in [0.05, 0.1) is 0 Å². The van der Waals surface area contributed by atoms with Crippen molar-refractivity contribution in [1.29, 1.82) is 0 Å². The van der Waals surface area contributed by atoms with Gasteiger partial charge in [0, 0.05) is 0 Å². The van der Waals surface area contributed by atoms with E-state index in [9.17, 15) is 12.8 Å². The number of halogens is 1. The van der Waals surface area contributed by atoms with Gasteiger partial charge in [0.2, 0.25) is 0 Å². The van der Waals surface area contributed by atoms with Gasteiger partial charge in [-0.1, -0.05) is 23.8 Å². The highest BCUT2D eigenvalue weighted by atomic mass is 32.2. The number of benzene rings is 2. The van der Waals surface area contributed by atoms with Crippen LogP contribution in [0.3, 0.4) is 0 Å². The van der Waals surface area contributed by atoms with Gasteiger partial charge >= 0.3 is 10.1 Å². The third-order valence-corrected chi connectivity index (χ3v) is 3.85. The Morgan fingerprint density at radius 1 is 0.947 bits per heavy atom. The van der Waals surface area contributed by atoms with Gasteiger partial charge in [-0.25, -0.2) is 4.39 Å². The maximum atomic E-state index is 13.6. The van der Waals surface area contributed by atoms with Crippen molar-refractivity contribution in [1.82, 2.24) is 0 Å². The Morgan fingerprint density at radius 3 is 2.11 bits per heavy atom. The molecule has 0 fully saturated rings. The van der Waals surface area contributed by atoms with Gasteiger partial charge in [0.15, 0.2) is 11.6 Å². The number of hydrogen-bond donors (Lipinski definition) is 0. The summed E-state index contributed by atoms with van der Waals surface area (Å²) in [7, 11) is -4.01. The fourth-order valence-electron chi connectivity index (χ4n) is 1.54. The summed E-state index contributed by atoms with van der Waals surface area (Å²) in [6.07, 6.45) is 0. The summed E-state index contributed by atoms with van der Waals surface area (Å²) >= 11 is 0. The molecule has 0 atom stereocenters. The van der Waals surface area contributed by atoms with Crippen LogP contribution in [0, 0.1) is 19.7 Å². The molecule has 0 heterocycles. The van der Waals surface area contributed by atoms with Crippen LogP contribution in [0.4, 0.5) is 4.39 Å². The van der Waals surface area contributed by atoms with Gasteiger partial charge < -0.3 is 4.18 Å². The Labute approximate surface area is 111 Å². The molecular formula is C14H13FO3S. The van der Waals surface area contributed by atoms with Crippen molar-refractivity contribution in [3.8, 4) is 5.75 Å². The lowest BCUT2D eigenvalue weighted by Gasteiger charge is -2.08. The third kappa shape index (κ3) is 3.12. The van der Waals surface area contributed by atoms with Crippen molar-refractivity contribution in [3.05, 3.63) is 59.4 Å². The van der Waals surface area contributed by atoms with E-state index in [1.807, 2.05) is 6.92 Å². The molecule has 0 saturated heterocycles. The second-order valence-corrected chi connectivity index (χ2v) is 5.83. The third-order valence-electron chi connectivity index (χ3n) is 2.60. The average molecular weight is 280 g/mol. The predicted molar refractivity (Wildman–Crippen MR) is 70.1 cm³/mol. The first-order valence-corrected chi connectivity index (χ1v) is 7.06. The minimum Gasteiger partial charge on any atom is -0.376 e. The minimum absolute atomic E-state index is 0.00178. The first-order valence-electron chi connectivity index (χ1n) is 5.66. The number of hydrogen-bond acceptors (Lipinski definition) is 3. The molecule has 100 valence electrons. The summed E-state index contributed by atoms with van der Waals surface area (Å²) < 4.78 is 42.3. The first-order chi connectivity index (χ1) is 8.88. The summed E-state index contributed by atoms with van der Waals surface area (Å²) in [6, 6.07) is 10.3. The van der Waals surface area contributed by atoms with Crippen molar-refractivity contribution in [3.63, 3.8) is 0 Å². The second kappa shape index (κ2) is 5.01. The Kier molecular flexibility index (Phi) is 3.57. The molecule has 0 aliphatic rings. The van der Waals surface area contributed by atoms with E-state index in [4.69, 9.17) is 4.18 Å². The molecule has 19 heavy (non-hydrogen) atoms. The molecule has 0 aliphatic heterocycles. The van der Waals surface area contributed by atoms with E-state index >= 15 is 0 Å². The zero-order valence-corrected chi connectivity index (χ0v) is 11.4. The van der Waals surface area contributed by atoms with Crippen molar-refractivity contribution in [2.45, 2.75) is 18.7 Å². The molecule has 2 aromatic carbocycles. The maximum absolute atomic E-state index is 13.6. The quantitative estimate of drug-likeness (QED) is 0.811. The van der Waals surface area contributed by atoms with E-state index in [1.54, 1.807) is 25.1 Å². The molecule has 5 heteroatoms. The fraction of sp³-hybridized carbons (Fsp3) is 0.143. The zero-order chi connectivity index (χ0) is 14.0. The molecule has 2 rings (SSSR count). The van der Waals surface area contributed by atoms with Gasteiger partial charge in [-0.05, 0) is 43.7 Å². The van der Waals surface area contributed by atoms with Gasteiger partial charge in [0.1, 0.15) is 4.90 Å². The number of aryl methyl sites for hydroxylation is 2. The zero-order valence-electron chi connectivity index (χ0n) is 10.6. The van der Waals surface area contributed by atoms with Crippen LogP contribution >= 0.6 is 0 Å². The van der Waals surface area contributed by atoms with Gasteiger partial charge in [-0.2, -0.15) is 8.42 Å². The summed E-state index contributed by atoms with van der Waals surface area (Å²) in [4.78, 5) is -0.00178. The second-order valence-electron chi connectivity index (χ2n) is 4.28. The highest BCUT2D eigenvalue weighted by Crippen LogP contribution is 2.22. The first kappa shape index (κ1) is 13.5. The van der Waals surface area contributed by atoms with Crippen molar-refractivity contribution in [2.24, 2.45) is 0 Å². The normalized spacial score (nSPS) is 11.3. The van der Waals surface area contributed by atoms with E-state index in [1.165, 1.54) is 24.3 Å². The Morgan fingerprint density at radius 2 is 1.53 bits per heavy atom. The van der Waals surface area contributed by atoms with E-state index in [0.29, 0.717) is 5.56 Å². The van der Waals surface area contributed by atoms with Crippen molar-refractivity contribution < 1.29 is 17.0 Å². The Bertz CT molecular complexity index is 691. The van der Waals surface area contributed by atoms with Crippen molar-refractivity contribution in [2.75, 3.05) is 0 Å². The molecule has 0 radical (unpaired) electrons. The topological polar surface area (TPSA) is 43.4 Å². The SMILES string of the molecule is Cc1ccc(S(=O)(=O)Oc2ccc(C)cc2F)cc1. The molecule has 0 aliphatic carbocycles. The predicted octanol–water partition coefficient (Wildman–Crippen LogP) is 3.21. The molecule has 0 bridgehead atoms. The van der Waals surface area contributed by atoms with Gasteiger partial charge in [0.25, 0.3) is 0 Å². The Balaban J connectivity index is 2.33. The molecule has 0 aromatic heterocycles. The van der Waals surface area contributed by atoms with Crippen LogP contribution in [-0.4, -0.2) is 8.42 Å². The lowest BCUT2D eigenvalue weighted by atomic mass is 10.2. The molecule has 2 aromatic rings. The Hall–Kier alpha value is -1.88. The van der Waals surface area contributed by atoms with Crippen LogP contribution in [0.2, 0.25) is 0 Å². The van der Waals surface area contributed by atoms with Gasteiger partial charge in [-0.15, -0.1) is 0 Å². The standard InChI is InChI=1S/C14H13FO3S/c1-10-3-6-12(7-4-10)19(16,17)18-14-8-5-11(2)9-13(14)15/h3-9H,1-2H3. The summed E-state index contributed by atoms with van der Waals surface area (Å²) in [5.74, 6) is -0.998. The monoisotopic (exact) mass is 280 g/mol. The summed E-state index contributed by atoms with van der Waals surface area (Å²) in [6.45, 7) is 3.55. The van der Waals surface area contributed by atoms with Crippen LogP contribution in [0.15, 0.2) is 47.4 Å². The smallest absolute Gasteiger partial charge is 0.339 e. The van der Waals surface area contributed by atoms with Crippen LogP contribution < -0.4 is 4.18 Å². The fourth-order valence-corrected chi connectivity index (χ4v) is 2.48. The lowest BCUT2D eigenvalue weighted by Crippen LogP contribution is -2.10. The van der Waals surface area contributed by atoms with Gasteiger partial charge in [-0.3, -0.25) is 0 Å². The maximum Gasteiger partial charge on any atom is 0.339 e. The highest BCUT2D eigenvalue weighted by Gasteiger charge is 2.18. The van der Waals surface area contributed by atoms with Crippen molar-refractivity contribution >= 4 is 10.1 Å². The van der Waals surface area contributed by atoms with Crippen LogP contribution in [0.25, 0.3) is 0 Å². The summed E-state index contributed by atoms with van der Waals surface area (Å²) in [5, 5.41) is 0. The molecule has 0 saturated carbocycles. The van der Waals surface area contributed by atoms with E-state index < -0.39 is 15.9 Å². The molecule has 0 amide bonds. The largest absolute Gasteiger partial charge is 0.376 e. The average Bonchev–Trinajstić information content (AvgIpc) is 2.33. The molecular weight excluding hydrogens is 267 g/mol. The van der Waals surface area contributed by atoms with E-state index in [-0.39, 0.29) is 10.6 Å². The molecule has 0 N–H and O–H groups in total. The van der Waals surface area contributed by atoms with Crippen LogP contribution in [-0.2, 0) is 10.1 Å². The van der Waals surface area contributed by atoms with E-state index in [0.717, 1.165) is 5.56 Å². The molecule has 3 nitrogen and oxygen atoms in total. The minimum atomic E-state index is -4.01. The summed E-state index contributed by atoms with van der Waals surface area (Å²) in [5.41, 5.74) is 1.62. The number of rotatable bonds is 3. The lowest BCUT2D eigenvalue weighted by molar-refractivity contribution is 0.461. The molecule has 0 unspecified atom stereocenters.